The lowest BCUT2D eigenvalue weighted by Crippen LogP contribution is -2.68. The van der Waals surface area contributed by atoms with Crippen molar-refractivity contribution in [2.75, 3.05) is 13.7 Å². The Bertz CT molecular complexity index is 1670. The standard InChI is InChI=1S/C43H51NO10/c1-29-38(49-25-32-18-10-5-11-19-32)40(50-26-33-20-12-6-13-21-33)41(51-27-34-22-14-7-15-23-34)43(52-29)54-39-36(44-30(2)45)42(47-3)53-35(37(39)46)28-48-24-31-16-8-4-9-17-31/h4-23,29,35-43,46H,24-28H2,1-3H3,(H,44,45)/t29-,35+,36+,37+,38+,39+,40+,41-,42+,43-/m0/s1. The summed E-state index contributed by atoms with van der Waals surface area (Å²) in [5, 5.41) is 14.8. The highest BCUT2D eigenvalue weighted by Gasteiger charge is 2.53. The second kappa shape index (κ2) is 20.1. The highest BCUT2D eigenvalue weighted by molar-refractivity contribution is 5.73. The fourth-order valence-electron chi connectivity index (χ4n) is 6.81. The number of carbonyl (C=O) groups is 1. The van der Waals surface area contributed by atoms with Gasteiger partial charge >= 0.3 is 0 Å². The Morgan fingerprint density at radius 1 is 0.630 bits per heavy atom. The summed E-state index contributed by atoms with van der Waals surface area (Å²) in [4.78, 5) is 12.5. The van der Waals surface area contributed by atoms with E-state index >= 15 is 0 Å². The third-order valence-electron chi connectivity index (χ3n) is 9.54. The first-order chi connectivity index (χ1) is 26.4. The Labute approximate surface area is 317 Å². The summed E-state index contributed by atoms with van der Waals surface area (Å²) in [5.41, 5.74) is 3.89. The fourth-order valence-corrected chi connectivity index (χ4v) is 6.81. The number of benzene rings is 4. The van der Waals surface area contributed by atoms with Crippen molar-refractivity contribution in [3.8, 4) is 0 Å². The van der Waals surface area contributed by atoms with E-state index in [0.717, 1.165) is 22.3 Å². The van der Waals surface area contributed by atoms with Gasteiger partial charge in [-0.15, -0.1) is 0 Å². The van der Waals surface area contributed by atoms with E-state index < -0.39 is 61.3 Å². The van der Waals surface area contributed by atoms with Gasteiger partial charge < -0.3 is 48.3 Å². The lowest BCUT2D eigenvalue weighted by atomic mass is 9.95. The van der Waals surface area contributed by atoms with Crippen molar-refractivity contribution in [1.29, 1.82) is 0 Å². The monoisotopic (exact) mass is 741 g/mol. The number of hydrogen-bond donors (Lipinski definition) is 2. The number of rotatable bonds is 17. The van der Waals surface area contributed by atoms with Gasteiger partial charge in [0.1, 0.15) is 42.7 Å². The summed E-state index contributed by atoms with van der Waals surface area (Å²) in [6, 6.07) is 38.4. The van der Waals surface area contributed by atoms with Gasteiger partial charge in [-0.25, -0.2) is 0 Å². The highest BCUT2D eigenvalue weighted by Crippen LogP contribution is 2.34. The molecule has 0 unspecified atom stereocenters. The van der Waals surface area contributed by atoms with Gasteiger partial charge in [0, 0.05) is 14.0 Å². The maximum atomic E-state index is 12.5. The number of hydrogen-bond acceptors (Lipinski definition) is 10. The number of methoxy groups -OCH3 is 1. The average molecular weight is 742 g/mol. The minimum atomic E-state index is -1.26. The molecule has 54 heavy (non-hydrogen) atoms. The van der Waals surface area contributed by atoms with Crippen LogP contribution in [-0.2, 0) is 69.1 Å². The first-order valence-electron chi connectivity index (χ1n) is 18.4. The van der Waals surface area contributed by atoms with E-state index in [2.05, 4.69) is 5.32 Å². The predicted molar refractivity (Wildman–Crippen MR) is 200 cm³/mol. The number of amides is 1. The molecule has 0 radical (unpaired) electrons. The molecule has 0 aliphatic carbocycles. The molecule has 0 saturated carbocycles. The van der Waals surface area contributed by atoms with Crippen molar-refractivity contribution in [3.63, 3.8) is 0 Å². The van der Waals surface area contributed by atoms with Gasteiger partial charge in [-0.1, -0.05) is 121 Å². The molecule has 0 bridgehead atoms. The van der Waals surface area contributed by atoms with Crippen LogP contribution in [0.1, 0.15) is 36.1 Å². The van der Waals surface area contributed by atoms with Gasteiger partial charge in [0.2, 0.25) is 5.91 Å². The van der Waals surface area contributed by atoms with Gasteiger partial charge in [-0.05, 0) is 29.2 Å². The molecule has 2 heterocycles. The average Bonchev–Trinajstić information content (AvgIpc) is 3.20. The quantitative estimate of drug-likeness (QED) is 0.147. The third kappa shape index (κ3) is 10.8. The van der Waals surface area contributed by atoms with E-state index in [0.29, 0.717) is 13.2 Å². The minimum absolute atomic E-state index is 0.0383. The van der Waals surface area contributed by atoms with E-state index in [1.54, 1.807) is 0 Å². The van der Waals surface area contributed by atoms with Gasteiger partial charge in [0.05, 0.1) is 39.1 Å². The molecule has 4 aromatic carbocycles. The molecule has 11 heteroatoms. The van der Waals surface area contributed by atoms with Crippen LogP contribution >= 0.6 is 0 Å². The number of carbonyl (C=O) groups excluding carboxylic acids is 1. The predicted octanol–water partition coefficient (Wildman–Crippen LogP) is 5.33. The zero-order valence-corrected chi connectivity index (χ0v) is 31.0. The van der Waals surface area contributed by atoms with Gasteiger partial charge in [-0.2, -0.15) is 0 Å². The van der Waals surface area contributed by atoms with Crippen LogP contribution in [0, 0.1) is 0 Å². The molecule has 2 aliphatic heterocycles. The first kappa shape index (κ1) is 39.7. The van der Waals surface area contributed by atoms with Crippen molar-refractivity contribution < 1.29 is 47.8 Å². The van der Waals surface area contributed by atoms with Crippen molar-refractivity contribution in [3.05, 3.63) is 144 Å². The van der Waals surface area contributed by atoms with E-state index in [9.17, 15) is 9.90 Å². The third-order valence-corrected chi connectivity index (χ3v) is 9.54. The smallest absolute Gasteiger partial charge is 0.217 e. The van der Waals surface area contributed by atoms with Gasteiger partial charge in [0.25, 0.3) is 0 Å². The van der Waals surface area contributed by atoms with Crippen molar-refractivity contribution in [2.45, 2.75) is 102 Å². The summed E-state index contributed by atoms with van der Waals surface area (Å²) in [7, 11) is 1.48. The molecule has 2 N–H and O–H groups in total. The zero-order valence-electron chi connectivity index (χ0n) is 31.0. The zero-order chi connectivity index (χ0) is 37.7. The van der Waals surface area contributed by atoms with E-state index in [-0.39, 0.29) is 25.7 Å². The lowest BCUT2D eigenvalue weighted by Gasteiger charge is -2.49. The molecule has 1 amide bonds. The second-order valence-electron chi connectivity index (χ2n) is 13.6. The van der Waals surface area contributed by atoms with Crippen molar-refractivity contribution >= 4 is 5.91 Å². The first-order valence-corrected chi connectivity index (χ1v) is 18.4. The normalized spacial score (nSPS) is 28.4. The molecular formula is C43H51NO10. The summed E-state index contributed by atoms with van der Waals surface area (Å²) < 4.78 is 51.3. The number of aliphatic hydroxyl groups is 1. The van der Waals surface area contributed by atoms with Crippen LogP contribution in [0.5, 0.6) is 0 Å². The van der Waals surface area contributed by atoms with Gasteiger partial charge in [-0.3, -0.25) is 4.79 Å². The number of ether oxygens (including phenoxy) is 8. The Kier molecular flexibility index (Phi) is 14.7. The van der Waals surface area contributed by atoms with Crippen molar-refractivity contribution in [2.24, 2.45) is 0 Å². The Hall–Kier alpha value is -4.01. The molecule has 4 aromatic rings. The summed E-state index contributed by atoms with van der Waals surface area (Å²) in [5.74, 6) is -0.349. The largest absolute Gasteiger partial charge is 0.388 e. The Balaban J connectivity index is 1.29. The molecule has 0 aromatic heterocycles. The van der Waals surface area contributed by atoms with E-state index in [4.69, 9.17) is 37.9 Å². The molecule has 288 valence electrons. The molecule has 0 spiro atoms. The Morgan fingerprint density at radius 3 is 1.57 bits per heavy atom. The lowest BCUT2D eigenvalue weighted by molar-refractivity contribution is -0.353. The second-order valence-corrected chi connectivity index (χ2v) is 13.6. The molecule has 2 fully saturated rings. The van der Waals surface area contributed by atoms with Crippen LogP contribution in [0.3, 0.4) is 0 Å². The fraction of sp³-hybridized carbons (Fsp3) is 0.419. The SMILES string of the molecule is CO[C@@H]1O[C@H](COCc2ccccc2)[C@@H](O)[C@H](O[C@@H]2O[C@@H](C)[C@@H](OCc3ccccc3)[C@@H](OCc3ccccc3)[C@@H]2OCc2ccccc2)[C@H]1NC(C)=O. The molecule has 2 saturated heterocycles. The van der Waals surface area contributed by atoms with Gasteiger partial charge in [0.15, 0.2) is 12.6 Å². The minimum Gasteiger partial charge on any atom is -0.388 e. The Morgan fingerprint density at radius 2 is 1.09 bits per heavy atom. The highest BCUT2D eigenvalue weighted by atomic mass is 16.7. The van der Waals surface area contributed by atoms with Crippen LogP contribution < -0.4 is 5.32 Å². The molecule has 2 aliphatic rings. The van der Waals surface area contributed by atoms with Crippen LogP contribution in [0.4, 0.5) is 0 Å². The summed E-state index contributed by atoms with van der Waals surface area (Å²) in [6.07, 6.45) is -7.82. The van der Waals surface area contributed by atoms with E-state index in [1.165, 1.54) is 14.0 Å². The molecule has 11 nitrogen and oxygen atoms in total. The maximum Gasteiger partial charge on any atom is 0.217 e. The van der Waals surface area contributed by atoms with Crippen molar-refractivity contribution in [1.82, 2.24) is 5.32 Å². The molecule has 10 atom stereocenters. The van der Waals surface area contributed by atoms with Crippen LogP contribution in [0.15, 0.2) is 121 Å². The summed E-state index contributed by atoms with van der Waals surface area (Å²) in [6.45, 7) is 4.47. The van der Waals surface area contributed by atoms with Crippen LogP contribution in [-0.4, -0.2) is 86.1 Å². The topological polar surface area (TPSA) is 123 Å². The van der Waals surface area contributed by atoms with Crippen LogP contribution in [0.25, 0.3) is 0 Å². The number of aliphatic hydroxyl groups excluding tert-OH is 1. The molecular weight excluding hydrogens is 690 g/mol. The summed E-state index contributed by atoms with van der Waals surface area (Å²) >= 11 is 0. The number of nitrogens with one attached hydrogen (secondary N) is 1. The maximum absolute atomic E-state index is 12.5. The van der Waals surface area contributed by atoms with Crippen LogP contribution in [0.2, 0.25) is 0 Å². The molecule has 6 rings (SSSR count). The van der Waals surface area contributed by atoms with E-state index in [1.807, 2.05) is 128 Å².